The van der Waals surface area contributed by atoms with Crippen LogP contribution in [0.5, 0.6) is 0 Å². The quantitative estimate of drug-likeness (QED) is 0.813. The Kier molecular flexibility index (Phi) is 2.58. The molecular formula is C11H14F2N2O. The highest BCUT2D eigenvalue weighted by Crippen LogP contribution is 2.42. The SMILES string of the molecule is CC1(C)C(O)CC1Nc1ncc(F)cc1F. The first-order valence-electron chi connectivity index (χ1n) is 5.17. The Morgan fingerprint density at radius 3 is 2.69 bits per heavy atom. The minimum Gasteiger partial charge on any atom is -0.392 e. The molecule has 1 fully saturated rings. The van der Waals surface area contributed by atoms with E-state index in [-0.39, 0.29) is 17.3 Å². The molecule has 3 nitrogen and oxygen atoms in total. The van der Waals surface area contributed by atoms with E-state index < -0.39 is 17.7 Å². The zero-order chi connectivity index (χ0) is 11.9. The van der Waals surface area contributed by atoms with Crippen molar-refractivity contribution >= 4 is 5.82 Å². The average Bonchev–Trinajstić information content (AvgIpc) is 2.21. The van der Waals surface area contributed by atoms with Crippen molar-refractivity contribution in [1.29, 1.82) is 0 Å². The van der Waals surface area contributed by atoms with E-state index in [9.17, 15) is 13.9 Å². The van der Waals surface area contributed by atoms with Gasteiger partial charge in [-0.15, -0.1) is 0 Å². The topological polar surface area (TPSA) is 45.1 Å². The summed E-state index contributed by atoms with van der Waals surface area (Å²) in [6.07, 6.45) is 1.12. The van der Waals surface area contributed by atoms with E-state index in [4.69, 9.17) is 0 Å². The summed E-state index contributed by atoms with van der Waals surface area (Å²) < 4.78 is 25.9. The van der Waals surface area contributed by atoms with E-state index in [2.05, 4.69) is 10.3 Å². The van der Waals surface area contributed by atoms with Crippen LogP contribution in [0.2, 0.25) is 0 Å². The predicted molar refractivity (Wildman–Crippen MR) is 56.0 cm³/mol. The van der Waals surface area contributed by atoms with Crippen LogP contribution in [0.3, 0.4) is 0 Å². The third kappa shape index (κ3) is 1.75. The Morgan fingerprint density at radius 1 is 1.50 bits per heavy atom. The zero-order valence-corrected chi connectivity index (χ0v) is 9.17. The zero-order valence-electron chi connectivity index (χ0n) is 9.17. The van der Waals surface area contributed by atoms with Gasteiger partial charge in [0, 0.05) is 17.5 Å². The highest BCUT2D eigenvalue weighted by Gasteiger charge is 2.47. The molecule has 88 valence electrons. The van der Waals surface area contributed by atoms with Crippen molar-refractivity contribution < 1.29 is 13.9 Å². The van der Waals surface area contributed by atoms with E-state index in [1.807, 2.05) is 13.8 Å². The lowest BCUT2D eigenvalue weighted by molar-refractivity contribution is -0.0512. The van der Waals surface area contributed by atoms with Crippen LogP contribution in [0, 0.1) is 17.0 Å². The molecule has 2 atom stereocenters. The molecule has 1 saturated carbocycles. The number of hydrogen-bond acceptors (Lipinski definition) is 3. The van der Waals surface area contributed by atoms with Crippen LogP contribution in [0.1, 0.15) is 20.3 Å². The summed E-state index contributed by atoms with van der Waals surface area (Å²) in [4.78, 5) is 3.65. The molecule has 0 aromatic carbocycles. The number of pyridine rings is 1. The minimum absolute atomic E-state index is 0.0337. The van der Waals surface area contributed by atoms with Gasteiger partial charge in [-0.25, -0.2) is 13.8 Å². The summed E-state index contributed by atoms with van der Waals surface area (Å²) in [7, 11) is 0. The van der Waals surface area contributed by atoms with Gasteiger partial charge < -0.3 is 10.4 Å². The van der Waals surface area contributed by atoms with Crippen LogP contribution in [0.25, 0.3) is 0 Å². The number of halogens is 2. The molecule has 2 unspecified atom stereocenters. The number of nitrogens with zero attached hydrogens (tertiary/aromatic N) is 1. The second kappa shape index (κ2) is 3.66. The molecule has 0 spiro atoms. The summed E-state index contributed by atoms with van der Waals surface area (Å²) >= 11 is 0. The predicted octanol–water partition coefficient (Wildman–Crippen LogP) is 1.93. The van der Waals surface area contributed by atoms with Crippen molar-refractivity contribution in [3.63, 3.8) is 0 Å². The van der Waals surface area contributed by atoms with Crippen molar-refractivity contribution in [3.05, 3.63) is 23.9 Å². The number of anilines is 1. The van der Waals surface area contributed by atoms with Gasteiger partial charge in [0.15, 0.2) is 11.6 Å². The number of aromatic nitrogens is 1. The second-order valence-electron chi connectivity index (χ2n) is 4.75. The van der Waals surface area contributed by atoms with E-state index in [0.29, 0.717) is 6.42 Å². The number of nitrogens with one attached hydrogen (secondary N) is 1. The summed E-state index contributed by atoms with van der Waals surface area (Å²) in [5, 5.41) is 12.4. The van der Waals surface area contributed by atoms with Gasteiger partial charge in [0.2, 0.25) is 0 Å². The molecule has 1 aromatic rings. The third-order valence-electron chi connectivity index (χ3n) is 3.33. The molecule has 0 radical (unpaired) electrons. The lowest BCUT2D eigenvalue weighted by atomic mass is 9.64. The number of aliphatic hydroxyl groups is 1. The Labute approximate surface area is 92.5 Å². The molecule has 0 bridgehead atoms. The van der Waals surface area contributed by atoms with Crippen LogP contribution in [0.15, 0.2) is 12.3 Å². The highest BCUT2D eigenvalue weighted by atomic mass is 19.1. The first-order chi connectivity index (χ1) is 7.41. The highest BCUT2D eigenvalue weighted by molar-refractivity contribution is 5.39. The molecule has 2 N–H and O–H groups in total. The van der Waals surface area contributed by atoms with Gasteiger partial charge in [-0.1, -0.05) is 13.8 Å². The molecule has 1 heterocycles. The first-order valence-corrected chi connectivity index (χ1v) is 5.17. The van der Waals surface area contributed by atoms with Crippen LogP contribution in [0.4, 0.5) is 14.6 Å². The normalized spacial score (nSPS) is 27.3. The molecule has 0 saturated heterocycles. The van der Waals surface area contributed by atoms with Gasteiger partial charge in [0.25, 0.3) is 0 Å². The molecule has 1 aliphatic rings. The van der Waals surface area contributed by atoms with E-state index in [1.165, 1.54) is 0 Å². The van der Waals surface area contributed by atoms with Crippen LogP contribution < -0.4 is 5.32 Å². The average molecular weight is 228 g/mol. The van der Waals surface area contributed by atoms with Crippen molar-refractivity contribution in [1.82, 2.24) is 4.98 Å². The molecule has 5 heteroatoms. The number of aliphatic hydroxyl groups excluding tert-OH is 1. The summed E-state index contributed by atoms with van der Waals surface area (Å²) in [6.45, 7) is 3.78. The van der Waals surface area contributed by atoms with Gasteiger partial charge in [-0.05, 0) is 6.42 Å². The smallest absolute Gasteiger partial charge is 0.168 e. The maximum absolute atomic E-state index is 13.3. The monoisotopic (exact) mass is 228 g/mol. The van der Waals surface area contributed by atoms with Crippen LogP contribution >= 0.6 is 0 Å². The largest absolute Gasteiger partial charge is 0.392 e. The van der Waals surface area contributed by atoms with Gasteiger partial charge in [0.1, 0.15) is 5.82 Å². The Morgan fingerprint density at radius 2 is 2.19 bits per heavy atom. The maximum atomic E-state index is 13.3. The van der Waals surface area contributed by atoms with E-state index in [1.54, 1.807) is 0 Å². The van der Waals surface area contributed by atoms with Crippen molar-refractivity contribution in [2.75, 3.05) is 5.32 Å². The van der Waals surface area contributed by atoms with Gasteiger partial charge >= 0.3 is 0 Å². The first kappa shape index (κ1) is 11.3. The standard InChI is InChI=1S/C11H14F2N2O/c1-11(2)8(4-9(11)16)15-10-7(13)3-6(12)5-14-10/h3,5,8-9,16H,4H2,1-2H3,(H,14,15). The lowest BCUT2D eigenvalue weighted by Gasteiger charge is -2.49. The molecule has 1 aliphatic carbocycles. The summed E-state index contributed by atoms with van der Waals surface area (Å²) in [5.74, 6) is -1.38. The molecule has 2 rings (SSSR count). The minimum atomic E-state index is -0.711. The number of hydrogen-bond donors (Lipinski definition) is 2. The van der Waals surface area contributed by atoms with Gasteiger partial charge in [-0.2, -0.15) is 0 Å². The third-order valence-corrected chi connectivity index (χ3v) is 3.33. The molecule has 16 heavy (non-hydrogen) atoms. The fourth-order valence-electron chi connectivity index (χ4n) is 1.83. The van der Waals surface area contributed by atoms with Gasteiger partial charge in [-0.3, -0.25) is 0 Å². The summed E-state index contributed by atoms with van der Waals surface area (Å²) in [6, 6.07) is 0.743. The molecule has 0 aliphatic heterocycles. The maximum Gasteiger partial charge on any atom is 0.168 e. The molecule has 0 amide bonds. The van der Waals surface area contributed by atoms with Gasteiger partial charge in [0.05, 0.1) is 12.3 Å². The number of rotatable bonds is 2. The van der Waals surface area contributed by atoms with Crippen molar-refractivity contribution in [3.8, 4) is 0 Å². The second-order valence-corrected chi connectivity index (χ2v) is 4.75. The summed E-state index contributed by atoms with van der Waals surface area (Å²) in [5.41, 5.74) is -0.317. The Hall–Kier alpha value is -1.23. The van der Waals surface area contributed by atoms with Crippen molar-refractivity contribution in [2.45, 2.75) is 32.4 Å². The van der Waals surface area contributed by atoms with Crippen LogP contribution in [-0.4, -0.2) is 22.2 Å². The fraction of sp³-hybridized carbons (Fsp3) is 0.545. The van der Waals surface area contributed by atoms with E-state index >= 15 is 0 Å². The Bertz CT molecular complexity index is 409. The van der Waals surface area contributed by atoms with Crippen molar-refractivity contribution in [2.24, 2.45) is 5.41 Å². The van der Waals surface area contributed by atoms with E-state index in [0.717, 1.165) is 12.3 Å². The Balaban J connectivity index is 2.11. The molecular weight excluding hydrogens is 214 g/mol. The fourth-order valence-corrected chi connectivity index (χ4v) is 1.83. The van der Waals surface area contributed by atoms with Crippen LogP contribution in [-0.2, 0) is 0 Å². The lowest BCUT2D eigenvalue weighted by Crippen LogP contribution is -2.57. The molecule has 1 aromatic heterocycles.